The first-order chi connectivity index (χ1) is 29.9. The summed E-state index contributed by atoms with van der Waals surface area (Å²) in [5.41, 5.74) is 16.2. The third kappa shape index (κ3) is 5.88. The molecule has 3 nitrogen and oxygen atoms in total. The van der Waals surface area contributed by atoms with Crippen LogP contribution < -0.4 is 0 Å². The number of hydrogen-bond donors (Lipinski definition) is 0. The highest BCUT2D eigenvalue weighted by Gasteiger charge is 2.62. The molecule has 13 rings (SSSR count). The lowest BCUT2D eigenvalue weighted by atomic mass is 9.39. The normalized spacial score (nSPS) is 22.8. The zero-order chi connectivity index (χ0) is 40.7. The van der Waals surface area contributed by atoms with E-state index >= 15 is 0 Å². The Morgan fingerprint density at radius 2 is 0.705 bits per heavy atom. The quantitative estimate of drug-likeness (QED) is 0.168. The van der Waals surface area contributed by atoms with E-state index in [0.29, 0.717) is 23.5 Å². The van der Waals surface area contributed by atoms with Gasteiger partial charge in [0.1, 0.15) is 0 Å². The number of aromatic nitrogens is 3. The lowest BCUT2D eigenvalue weighted by Crippen LogP contribution is -2.58. The molecule has 61 heavy (non-hydrogen) atoms. The zero-order valence-electron chi connectivity index (χ0n) is 34.9. The van der Waals surface area contributed by atoms with Crippen molar-refractivity contribution in [3.63, 3.8) is 0 Å². The Morgan fingerprint density at radius 3 is 1.23 bits per heavy atom. The van der Waals surface area contributed by atoms with Gasteiger partial charge in [-0.3, -0.25) is 0 Å². The Bertz CT molecular complexity index is 2850. The van der Waals surface area contributed by atoms with Crippen LogP contribution in [0.25, 0.3) is 67.5 Å². The van der Waals surface area contributed by atoms with Gasteiger partial charge < -0.3 is 0 Å². The highest BCUT2D eigenvalue weighted by molar-refractivity contribution is 5.82. The van der Waals surface area contributed by atoms with Gasteiger partial charge in [0.2, 0.25) is 0 Å². The molecule has 1 spiro atoms. The summed E-state index contributed by atoms with van der Waals surface area (Å²) in [6, 6.07) is 64.1. The van der Waals surface area contributed by atoms with Crippen LogP contribution in [-0.4, -0.2) is 15.0 Å². The van der Waals surface area contributed by atoms with Crippen LogP contribution >= 0.6 is 0 Å². The van der Waals surface area contributed by atoms with Crippen molar-refractivity contribution < 1.29 is 0 Å². The van der Waals surface area contributed by atoms with E-state index < -0.39 is 0 Å². The molecule has 3 heteroatoms. The van der Waals surface area contributed by atoms with E-state index in [2.05, 4.69) is 190 Å². The third-order valence-electron chi connectivity index (χ3n) is 15.2. The van der Waals surface area contributed by atoms with Crippen LogP contribution in [0.1, 0.15) is 68.2 Å². The van der Waals surface area contributed by atoms with Crippen molar-refractivity contribution >= 4 is 0 Å². The average Bonchev–Trinajstić information content (AvgIpc) is 3.32. The molecule has 0 unspecified atom stereocenters. The van der Waals surface area contributed by atoms with E-state index in [1.54, 1.807) is 5.56 Å². The Labute approximate surface area is 359 Å². The molecule has 8 aromatic rings. The maximum atomic E-state index is 5.34. The first-order valence-electron chi connectivity index (χ1n) is 22.4. The fraction of sp³-hybridized carbons (Fsp3) is 0.224. The lowest BCUT2D eigenvalue weighted by molar-refractivity contribution is -0.0443. The fourth-order valence-electron chi connectivity index (χ4n) is 12.6. The summed E-state index contributed by atoms with van der Waals surface area (Å²) in [5, 5.41) is 0. The van der Waals surface area contributed by atoms with Crippen molar-refractivity contribution in [2.45, 2.75) is 56.8 Å². The summed E-state index contributed by atoms with van der Waals surface area (Å²) in [5.74, 6) is 5.21. The van der Waals surface area contributed by atoms with E-state index in [1.165, 1.54) is 76.6 Å². The van der Waals surface area contributed by atoms with Crippen molar-refractivity contribution in [1.82, 2.24) is 15.0 Å². The van der Waals surface area contributed by atoms with E-state index in [9.17, 15) is 0 Å². The fourth-order valence-corrected chi connectivity index (χ4v) is 12.6. The largest absolute Gasteiger partial charge is 0.208 e. The second kappa shape index (κ2) is 14.1. The Morgan fingerprint density at radius 1 is 0.328 bits per heavy atom. The minimum Gasteiger partial charge on any atom is -0.208 e. The third-order valence-corrected chi connectivity index (χ3v) is 15.2. The molecule has 0 saturated heterocycles. The van der Waals surface area contributed by atoms with Crippen LogP contribution in [0.2, 0.25) is 0 Å². The van der Waals surface area contributed by atoms with Gasteiger partial charge in [-0.05, 0) is 136 Å². The molecule has 4 saturated carbocycles. The molecule has 5 aliphatic rings. The maximum absolute atomic E-state index is 5.34. The molecule has 4 bridgehead atoms. The Kier molecular flexibility index (Phi) is 8.39. The van der Waals surface area contributed by atoms with Gasteiger partial charge >= 0.3 is 0 Å². The standard InChI is InChI=1S/C58H49N3/c1-57(2)50-20-12-13-21-52(50)58(48-29-37-28-38(31-48)32-49(58)30-37)53-36-44(26-27-51(53)57)56-60-54(42-18-10-5-11-19-42)59-55(61-56)43-24-22-41(23-25-43)47-34-45(39-14-6-3-7-15-39)33-46(35-47)40-16-8-4-9-17-40/h3-27,33-38,48-49H,28-32H2,1-2H3. The first kappa shape index (κ1) is 36.4. The summed E-state index contributed by atoms with van der Waals surface area (Å²) < 4.78 is 0. The van der Waals surface area contributed by atoms with E-state index in [4.69, 9.17) is 15.0 Å². The van der Waals surface area contributed by atoms with Gasteiger partial charge in [-0.25, -0.2) is 15.0 Å². The van der Waals surface area contributed by atoms with Gasteiger partial charge in [0, 0.05) is 27.5 Å². The van der Waals surface area contributed by atoms with Gasteiger partial charge in [-0.1, -0.05) is 166 Å². The Hall–Kier alpha value is -6.45. The molecule has 0 radical (unpaired) electrons. The predicted molar refractivity (Wildman–Crippen MR) is 249 cm³/mol. The molecule has 1 aromatic heterocycles. The summed E-state index contributed by atoms with van der Waals surface area (Å²) in [6.07, 6.45) is 6.83. The number of fused-ring (bicyclic) bond motifs is 2. The summed E-state index contributed by atoms with van der Waals surface area (Å²) in [6.45, 7) is 4.87. The topological polar surface area (TPSA) is 38.7 Å². The van der Waals surface area contributed by atoms with E-state index in [-0.39, 0.29) is 10.8 Å². The molecule has 296 valence electrons. The number of nitrogens with zero attached hydrogens (tertiary/aromatic N) is 3. The molecule has 7 aromatic carbocycles. The van der Waals surface area contributed by atoms with Gasteiger partial charge in [-0.2, -0.15) is 0 Å². The highest BCUT2D eigenvalue weighted by Crippen LogP contribution is 2.68. The number of benzene rings is 7. The Balaban J connectivity index is 0.983. The molecule has 0 atom stereocenters. The highest BCUT2D eigenvalue weighted by atomic mass is 15.0. The predicted octanol–water partition coefficient (Wildman–Crippen LogP) is 14.3. The van der Waals surface area contributed by atoms with Crippen LogP contribution in [0.5, 0.6) is 0 Å². The van der Waals surface area contributed by atoms with Crippen LogP contribution in [0, 0.1) is 23.7 Å². The molecular weight excluding hydrogens is 739 g/mol. The van der Waals surface area contributed by atoms with Gasteiger partial charge in [-0.15, -0.1) is 0 Å². The molecule has 0 aliphatic heterocycles. The van der Waals surface area contributed by atoms with Crippen LogP contribution in [0.3, 0.4) is 0 Å². The molecule has 0 amide bonds. The lowest BCUT2D eigenvalue weighted by Gasteiger charge is -2.64. The van der Waals surface area contributed by atoms with Gasteiger partial charge in [0.15, 0.2) is 17.5 Å². The van der Waals surface area contributed by atoms with Crippen LogP contribution in [0.15, 0.2) is 176 Å². The molecule has 4 fully saturated rings. The van der Waals surface area contributed by atoms with Gasteiger partial charge in [0.25, 0.3) is 0 Å². The zero-order valence-corrected chi connectivity index (χ0v) is 34.9. The summed E-state index contributed by atoms with van der Waals surface area (Å²) in [4.78, 5) is 15.8. The summed E-state index contributed by atoms with van der Waals surface area (Å²) >= 11 is 0. The first-order valence-corrected chi connectivity index (χ1v) is 22.4. The molecule has 1 heterocycles. The van der Waals surface area contributed by atoms with E-state index in [1.807, 2.05) is 0 Å². The molecule has 0 N–H and O–H groups in total. The minimum atomic E-state index is -0.103. The molecule has 5 aliphatic carbocycles. The average molecular weight is 788 g/mol. The monoisotopic (exact) mass is 787 g/mol. The van der Waals surface area contributed by atoms with Crippen LogP contribution in [-0.2, 0) is 10.8 Å². The number of rotatable bonds is 6. The summed E-state index contributed by atoms with van der Waals surface area (Å²) in [7, 11) is 0. The smallest absolute Gasteiger partial charge is 0.164 e. The second-order valence-corrected chi connectivity index (χ2v) is 18.9. The molecular formula is C58H49N3. The van der Waals surface area contributed by atoms with Crippen molar-refractivity contribution in [2.75, 3.05) is 0 Å². The van der Waals surface area contributed by atoms with Crippen molar-refractivity contribution in [1.29, 1.82) is 0 Å². The second-order valence-electron chi connectivity index (χ2n) is 18.9. The van der Waals surface area contributed by atoms with Crippen molar-refractivity contribution in [3.8, 4) is 67.5 Å². The van der Waals surface area contributed by atoms with Crippen molar-refractivity contribution in [2.24, 2.45) is 23.7 Å². The maximum Gasteiger partial charge on any atom is 0.164 e. The SMILES string of the molecule is CC1(C)c2ccccc2C2(c3cc(-c4nc(-c5ccccc5)nc(-c5ccc(-c6cc(-c7ccccc7)cc(-c7ccccc7)c6)cc5)n4)ccc31)C1CC3CC(C1)CC2C3. The van der Waals surface area contributed by atoms with Crippen molar-refractivity contribution in [3.05, 3.63) is 198 Å². The van der Waals surface area contributed by atoms with Gasteiger partial charge in [0.05, 0.1) is 0 Å². The minimum absolute atomic E-state index is 0.0248. The number of hydrogen-bond acceptors (Lipinski definition) is 3. The van der Waals surface area contributed by atoms with Crippen LogP contribution in [0.4, 0.5) is 0 Å². The van der Waals surface area contributed by atoms with E-state index in [0.717, 1.165) is 39.9 Å².